The normalized spacial score (nSPS) is 25.0. The van der Waals surface area contributed by atoms with Crippen LogP contribution >= 0.6 is 0 Å². The lowest BCUT2D eigenvalue weighted by atomic mass is 10.1. The average Bonchev–Trinajstić information content (AvgIpc) is 2.46. The van der Waals surface area contributed by atoms with Crippen molar-refractivity contribution in [3.05, 3.63) is 45.8 Å². The molecule has 0 saturated carbocycles. The standard InChI is InChI=1S/C9H10N4/c10-9-7-4-2-1-3-6(7)5-8(9)12-13-11/h1-4,8-9H,5,10H2/t8-,9-/m1/s1. The fourth-order valence-corrected chi connectivity index (χ4v) is 1.78. The molecule has 2 atom stereocenters. The minimum atomic E-state index is -0.132. The first kappa shape index (κ1) is 8.10. The van der Waals surface area contributed by atoms with Crippen molar-refractivity contribution in [3.8, 4) is 0 Å². The van der Waals surface area contributed by atoms with Gasteiger partial charge in [-0.2, -0.15) is 0 Å². The minimum Gasteiger partial charge on any atom is -0.324 e. The lowest BCUT2D eigenvalue weighted by Gasteiger charge is -2.08. The lowest BCUT2D eigenvalue weighted by molar-refractivity contribution is 0.589. The third-order valence-corrected chi connectivity index (χ3v) is 2.46. The maximum absolute atomic E-state index is 8.33. The minimum absolute atomic E-state index is 0.109. The van der Waals surface area contributed by atoms with Gasteiger partial charge in [-0.25, -0.2) is 0 Å². The molecule has 0 amide bonds. The molecule has 1 aliphatic rings. The van der Waals surface area contributed by atoms with E-state index >= 15 is 0 Å². The van der Waals surface area contributed by atoms with Gasteiger partial charge in [-0.05, 0) is 23.1 Å². The van der Waals surface area contributed by atoms with Crippen molar-refractivity contribution >= 4 is 0 Å². The molecule has 1 aliphatic carbocycles. The van der Waals surface area contributed by atoms with Crippen LogP contribution < -0.4 is 5.73 Å². The second kappa shape index (κ2) is 3.09. The summed E-state index contributed by atoms with van der Waals surface area (Å²) in [6, 6.07) is 7.71. The first-order valence-corrected chi connectivity index (χ1v) is 4.20. The highest BCUT2D eigenvalue weighted by molar-refractivity contribution is 5.36. The molecule has 0 aliphatic heterocycles. The van der Waals surface area contributed by atoms with E-state index in [9.17, 15) is 0 Å². The molecule has 66 valence electrons. The van der Waals surface area contributed by atoms with Gasteiger partial charge in [0.25, 0.3) is 0 Å². The van der Waals surface area contributed by atoms with Crippen LogP contribution in [0.4, 0.5) is 0 Å². The Bertz CT molecular complexity index is 368. The summed E-state index contributed by atoms with van der Waals surface area (Å²) < 4.78 is 0. The molecule has 0 spiro atoms. The number of nitrogens with two attached hydrogens (primary N) is 1. The molecule has 0 bridgehead atoms. The zero-order valence-corrected chi connectivity index (χ0v) is 7.09. The van der Waals surface area contributed by atoms with Gasteiger partial charge in [0.1, 0.15) is 0 Å². The SMILES string of the molecule is [N-]=[N+]=N[C@@H]1Cc2ccccc2[C@H]1N. The largest absolute Gasteiger partial charge is 0.324 e. The number of fused-ring (bicyclic) bond motifs is 1. The Morgan fingerprint density at radius 1 is 1.46 bits per heavy atom. The predicted octanol–water partition coefficient (Wildman–Crippen LogP) is 1.92. The van der Waals surface area contributed by atoms with Crippen LogP contribution in [-0.4, -0.2) is 6.04 Å². The third kappa shape index (κ3) is 1.26. The third-order valence-electron chi connectivity index (χ3n) is 2.46. The Labute approximate surface area is 76.0 Å². The molecular weight excluding hydrogens is 164 g/mol. The van der Waals surface area contributed by atoms with E-state index < -0.39 is 0 Å². The highest BCUT2D eigenvalue weighted by atomic mass is 15.2. The van der Waals surface area contributed by atoms with Gasteiger partial charge in [0.05, 0.1) is 6.04 Å². The number of azide groups is 1. The number of nitrogens with zero attached hydrogens (tertiary/aromatic N) is 3. The fraction of sp³-hybridized carbons (Fsp3) is 0.333. The van der Waals surface area contributed by atoms with Gasteiger partial charge in [0.2, 0.25) is 0 Å². The molecule has 4 heteroatoms. The van der Waals surface area contributed by atoms with E-state index in [4.69, 9.17) is 11.3 Å². The maximum atomic E-state index is 8.33. The smallest absolute Gasteiger partial charge is 0.0607 e. The Hall–Kier alpha value is -1.51. The monoisotopic (exact) mass is 174 g/mol. The molecule has 0 radical (unpaired) electrons. The van der Waals surface area contributed by atoms with E-state index in [1.54, 1.807) is 0 Å². The molecule has 2 rings (SSSR count). The molecular formula is C9H10N4. The van der Waals surface area contributed by atoms with Gasteiger partial charge in [-0.15, -0.1) is 0 Å². The van der Waals surface area contributed by atoms with E-state index in [2.05, 4.69) is 10.0 Å². The van der Waals surface area contributed by atoms with Crippen molar-refractivity contribution in [2.24, 2.45) is 10.8 Å². The van der Waals surface area contributed by atoms with Crippen LogP contribution in [0, 0.1) is 0 Å². The Kier molecular flexibility index (Phi) is 1.93. The number of benzene rings is 1. The van der Waals surface area contributed by atoms with Gasteiger partial charge in [0.15, 0.2) is 0 Å². The summed E-state index contributed by atoms with van der Waals surface area (Å²) >= 11 is 0. The summed E-state index contributed by atoms with van der Waals surface area (Å²) in [6.45, 7) is 0. The Morgan fingerprint density at radius 3 is 2.92 bits per heavy atom. The van der Waals surface area contributed by atoms with Gasteiger partial charge in [-0.3, -0.25) is 0 Å². The summed E-state index contributed by atoms with van der Waals surface area (Å²) in [5.41, 5.74) is 16.6. The molecule has 0 saturated heterocycles. The molecule has 2 N–H and O–H groups in total. The fourth-order valence-electron chi connectivity index (χ4n) is 1.78. The van der Waals surface area contributed by atoms with Crippen LogP contribution in [0.5, 0.6) is 0 Å². The number of rotatable bonds is 1. The lowest BCUT2D eigenvalue weighted by Crippen LogP contribution is -2.19. The van der Waals surface area contributed by atoms with E-state index in [1.165, 1.54) is 5.56 Å². The van der Waals surface area contributed by atoms with Crippen molar-refractivity contribution in [2.45, 2.75) is 18.5 Å². The zero-order chi connectivity index (χ0) is 9.26. The molecule has 13 heavy (non-hydrogen) atoms. The summed E-state index contributed by atoms with van der Waals surface area (Å²) in [4.78, 5) is 2.80. The highest BCUT2D eigenvalue weighted by Gasteiger charge is 2.27. The highest BCUT2D eigenvalue weighted by Crippen LogP contribution is 2.31. The van der Waals surface area contributed by atoms with Gasteiger partial charge in [-0.1, -0.05) is 29.4 Å². The first-order valence-electron chi connectivity index (χ1n) is 4.20. The zero-order valence-electron chi connectivity index (χ0n) is 7.09. The van der Waals surface area contributed by atoms with E-state index in [-0.39, 0.29) is 12.1 Å². The molecule has 0 unspecified atom stereocenters. The van der Waals surface area contributed by atoms with E-state index in [0.29, 0.717) is 0 Å². The van der Waals surface area contributed by atoms with Gasteiger partial charge >= 0.3 is 0 Å². The average molecular weight is 174 g/mol. The Morgan fingerprint density at radius 2 is 2.23 bits per heavy atom. The predicted molar refractivity (Wildman–Crippen MR) is 50.0 cm³/mol. The molecule has 0 aromatic heterocycles. The van der Waals surface area contributed by atoms with Crippen LogP contribution in [0.1, 0.15) is 17.2 Å². The summed E-state index contributed by atoms with van der Waals surface area (Å²) in [5.74, 6) is 0. The van der Waals surface area contributed by atoms with Crippen molar-refractivity contribution in [2.75, 3.05) is 0 Å². The summed E-state index contributed by atoms with van der Waals surface area (Å²) in [5, 5.41) is 3.67. The summed E-state index contributed by atoms with van der Waals surface area (Å²) in [6.07, 6.45) is 0.765. The molecule has 1 aromatic rings. The van der Waals surface area contributed by atoms with E-state index in [1.807, 2.05) is 24.3 Å². The van der Waals surface area contributed by atoms with E-state index in [0.717, 1.165) is 12.0 Å². The second-order valence-corrected chi connectivity index (χ2v) is 3.20. The molecule has 1 aromatic carbocycles. The van der Waals surface area contributed by atoms with Crippen LogP contribution in [0.25, 0.3) is 10.4 Å². The maximum Gasteiger partial charge on any atom is 0.0607 e. The topological polar surface area (TPSA) is 74.8 Å². The van der Waals surface area contributed by atoms with Crippen molar-refractivity contribution in [1.82, 2.24) is 0 Å². The number of hydrogen-bond donors (Lipinski definition) is 1. The van der Waals surface area contributed by atoms with Crippen molar-refractivity contribution in [3.63, 3.8) is 0 Å². The first-order chi connectivity index (χ1) is 6.33. The quantitative estimate of drug-likeness (QED) is 0.394. The second-order valence-electron chi connectivity index (χ2n) is 3.20. The molecule has 0 fully saturated rings. The van der Waals surface area contributed by atoms with Gasteiger partial charge in [0, 0.05) is 11.0 Å². The van der Waals surface area contributed by atoms with Crippen LogP contribution in [0.3, 0.4) is 0 Å². The Balaban J connectivity index is 2.37. The van der Waals surface area contributed by atoms with Crippen LogP contribution in [-0.2, 0) is 6.42 Å². The number of hydrogen-bond acceptors (Lipinski definition) is 2. The van der Waals surface area contributed by atoms with Crippen LogP contribution in [0.2, 0.25) is 0 Å². The van der Waals surface area contributed by atoms with Crippen LogP contribution in [0.15, 0.2) is 29.4 Å². The molecule has 0 heterocycles. The molecule has 4 nitrogen and oxygen atoms in total. The summed E-state index contributed by atoms with van der Waals surface area (Å²) in [7, 11) is 0. The van der Waals surface area contributed by atoms with Crippen molar-refractivity contribution in [1.29, 1.82) is 0 Å². The van der Waals surface area contributed by atoms with Crippen molar-refractivity contribution < 1.29 is 0 Å². The van der Waals surface area contributed by atoms with Gasteiger partial charge < -0.3 is 5.73 Å².